The zero-order valence-electron chi connectivity index (χ0n) is 11.0. The smallest absolute Gasteiger partial charge is 0.238 e. The summed E-state index contributed by atoms with van der Waals surface area (Å²) >= 11 is 5.24. The van der Waals surface area contributed by atoms with E-state index in [-0.39, 0.29) is 11.0 Å². The molecule has 1 aliphatic heterocycles. The lowest BCUT2D eigenvalue weighted by atomic mass is 10.2. The van der Waals surface area contributed by atoms with Crippen molar-refractivity contribution >= 4 is 22.2 Å². The molecular formula is C12H14N4O3S2. The number of rotatable bonds is 3. The predicted molar refractivity (Wildman–Crippen MR) is 78.0 cm³/mol. The largest absolute Gasteiger partial charge is 0.370 e. The van der Waals surface area contributed by atoms with Crippen LogP contribution in [-0.4, -0.2) is 29.8 Å². The van der Waals surface area contributed by atoms with Crippen molar-refractivity contribution in [2.24, 2.45) is 5.14 Å². The summed E-state index contributed by atoms with van der Waals surface area (Å²) in [5.74, 6) is 0.695. The minimum absolute atomic E-state index is 0.0555. The summed E-state index contributed by atoms with van der Waals surface area (Å²) < 4.78 is 30.4. The van der Waals surface area contributed by atoms with E-state index in [1.165, 1.54) is 12.1 Å². The molecule has 1 saturated heterocycles. The molecule has 0 radical (unpaired) electrons. The Hall–Kier alpha value is -1.55. The molecule has 9 heteroatoms. The molecule has 1 aliphatic rings. The zero-order valence-corrected chi connectivity index (χ0v) is 12.7. The van der Waals surface area contributed by atoms with Gasteiger partial charge in [-0.3, -0.25) is 9.67 Å². The summed E-state index contributed by atoms with van der Waals surface area (Å²) in [5.41, 5.74) is 0.714. The first-order chi connectivity index (χ1) is 9.97. The fourth-order valence-corrected chi connectivity index (χ4v) is 3.10. The lowest BCUT2D eigenvalue weighted by Crippen LogP contribution is -2.12. The number of benzene rings is 1. The minimum Gasteiger partial charge on any atom is -0.370 e. The quantitative estimate of drug-likeness (QED) is 0.831. The molecule has 1 aromatic carbocycles. The molecule has 21 heavy (non-hydrogen) atoms. The second-order valence-corrected chi connectivity index (χ2v) is 6.71. The van der Waals surface area contributed by atoms with Crippen molar-refractivity contribution in [3.63, 3.8) is 0 Å². The zero-order chi connectivity index (χ0) is 15.0. The van der Waals surface area contributed by atoms with E-state index in [1.807, 2.05) is 0 Å². The Morgan fingerprint density at radius 3 is 2.67 bits per heavy atom. The standard InChI is InChI=1S/C12H14N4O3S2/c13-21(17,18)9-5-3-8(4-6-9)16-11(14-15-12(16)20)10-2-1-7-19-10/h3-6,10H,1-2,7H2,(H,15,20)(H2,13,17,18)/t10-/m0/s1. The lowest BCUT2D eigenvalue weighted by molar-refractivity contribution is 0.103. The molecular weight excluding hydrogens is 312 g/mol. The third kappa shape index (κ3) is 2.77. The molecule has 3 rings (SSSR count). The maximum atomic E-state index is 11.3. The van der Waals surface area contributed by atoms with Gasteiger partial charge in [0, 0.05) is 12.3 Å². The van der Waals surface area contributed by atoms with Crippen LogP contribution in [-0.2, 0) is 14.8 Å². The van der Waals surface area contributed by atoms with E-state index >= 15 is 0 Å². The number of sulfonamides is 1. The number of aromatic amines is 1. The maximum absolute atomic E-state index is 11.3. The number of nitrogens with one attached hydrogen (secondary N) is 1. The van der Waals surface area contributed by atoms with E-state index in [1.54, 1.807) is 16.7 Å². The fraction of sp³-hybridized carbons (Fsp3) is 0.333. The summed E-state index contributed by atoms with van der Waals surface area (Å²) in [6.45, 7) is 0.703. The van der Waals surface area contributed by atoms with E-state index in [0.29, 0.717) is 22.9 Å². The molecule has 0 bridgehead atoms. The van der Waals surface area contributed by atoms with E-state index in [0.717, 1.165) is 12.8 Å². The first-order valence-electron chi connectivity index (χ1n) is 6.39. The van der Waals surface area contributed by atoms with Crippen molar-refractivity contribution < 1.29 is 13.2 Å². The van der Waals surface area contributed by atoms with Crippen LogP contribution in [0.3, 0.4) is 0 Å². The molecule has 1 atom stereocenters. The number of ether oxygens (including phenoxy) is 1. The van der Waals surface area contributed by atoms with Crippen LogP contribution in [0.25, 0.3) is 5.69 Å². The van der Waals surface area contributed by atoms with Gasteiger partial charge >= 0.3 is 0 Å². The SMILES string of the molecule is NS(=O)(=O)c1ccc(-n2c([C@@H]3CCCO3)n[nH]c2=S)cc1. The van der Waals surface area contributed by atoms with Crippen molar-refractivity contribution in [2.45, 2.75) is 23.8 Å². The monoisotopic (exact) mass is 326 g/mol. The number of aromatic nitrogens is 3. The van der Waals surface area contributed by atoms with Gasteiger partial charge in [-0.05, 0) is 49.3 Å². The van der Waals surface area contributed by atoms with Crippen molar-refractivity contribution in [1.82, 2.24) is 14.8 Å². The molecule has 0 saturated carbocycles. The van der Waals surface area contributed by atoms with Gasteiger partial charge in [-0.15, -0.1) is 0 Å². The Morgan fingerprint density at radius 2 is 2.10 bits per heavy atom. The van der Waals surface area contributed by atoms with Crippen LogP contribution in [0.1, 0.15) is 24.8 Å². The molecule has 0 unspecified atom stereocenters. The highest BCUT2D eigenvalue weighted by Crippen LogP contribution is 2.28. The molecule has 2 heterocycles. The van der Waals surface area contributed by atoms with Gasteiger partial charge in [0.2, 0.25) is 10.0 Å². The van der Waals surface area contributed by atoms with E-state index in [4.69, 9.17) is 22.1 Å². The van der Waals surface area contributed by atoms with Gasteiger partial charge in [-0.1, -0.05) is 0 Å². The summed E-state index contributed by atoms with van der Waals surface area (Å²) in [5, 5.41) is 12.1. The number of H-pyrrole nitrogens is 1. The highest BCUT2D eigenvalue weighted by molar-refractivity contribution is 7.89. The Balaban J connectivity index is 2.04. The minimum atomic E-state index is -3.71. The summed E-state index contributed by atoms with van der Waals surface area (Å²) in [7, 11) is -3.71. The average molecular weight is 326 g/mol. The predicted octanol–water partition coefficient (Wildman–Crippen LogP) is 1.43. The molecule has 7 nitrogen and oxygen atoms in total. The highest BCUT2D eigenvalue weighted by Gasteiger charge is 2.24. The molecule has 112 valence electrons. The van der Waals surface area contributed by atoms with Crippen LogP contribution in [0.2, 0.25) is 0 Å². The number of hydrogen-bond acceptors (Lipinski definition) is 5. The van der Waals surface area contributed by atoms with Crippen LogP contribution in [0.5, 0.6) is 0 Å². The van der Waals surface area contributed by atoms with Crippen LogP contribution in [0.4, 0.5) is 0 Å². The van der Waals surface area contributed by atoms with Gasteiger partial charge in [0.1, 0.15) is 6.10 Å². The van der Waals surface area contributed by atoms with Crippen LogP contribution in [0, 0.1) is 4.77 Å². The van der Waals surface area contributed by atoms with Crippen LogP contribution >= 0.6 is 12.2 Å². The average Bonchev–Trinajstić information content (AvgIpc) is 3.06. The first kappa shape index (κ1) is 14.4. The normalized spacial score (nSPS) is 19.0. The topological polar surface area (TPSA) is 103 Å². The number of primary sulfonamides is 1. The van der Waals surface area contributed by atoms with Crippen molar-refractivity contribution in [3.05, 3.63) is 34.9 Å². The summed E-state index contributed by atoms with van der Waals surface area (Å²) in [4.78, 5) is 0.0555. The number of nitrogens with zero attached hydrogens (tertiary/aromatic N) is 2. The van der Waals surface area contributed by atoms with Crippen molar-refractivity contribution in [1.29, 1.82) is 0 Å². The molecule has 1 aromatic heterocycles. The maximum Gasteiger partial charge on any atom is 0.238 e. The van der Waals surface area contributed by atoms with Gasteiger partial charge in [-0.2, -0.15) is 5.10 Å². The first-order valence-corrected chi connectivity index (χ1v) is 8.34. The van der Waals surface area contributed by atoms with Gasteiger partial charge in [0.05, 0.1) is 4.90 Å². The Bertz CT molecular complexity index is 802. The number of hydrogen-bond donors (Lipinski definition) is 2. The van der Waals surface area contributed by atoms with Crippen molar-refractivity contribution in [3.8, 4) is 5.69 Å². The summed E-state index contributed by atoms with van der Waals surface area (Å²) in [6, 6.07) is 6.17. The van der Waals surface area contributed by atoms with Gasteiger partial charge < -0.3 is 4.74 Å². The van der Waals surface area contributed by atoms with E-state index < -0.39 is 10.0 Å². The fourth-order valence-electron chi connectivity index (χ4n) is 2.34. The molecule has 0 aliphatic carbocycles. The summed E-state index contributed by atoms with van der Waals surface area (Å²) in [6.07, 6.45) is 1.76. The molecule has 1 fully saturated rings. The van der Waals surface area contributed by atoms with Gasteiger partial charge in [-0.25, -0.2) is 13.6 Å². The van der Waals surface area contributed by atoms with Gasteiger partial charge in [0.25, 0.3) is 0 Å². The molecule has 2 aromatic rings. The van der Waals surface area contributed by atoms with Gasteiger partial charge in [0.15, 0.2) is 10.6 Å². The second kappa shape index (κ2) is 5.34. The Labute approximate surface area is 126 Å². The third-order valence-electron chi connectivity index (χ3n) is 3.34. The van der Waals surface area contributed by atoms with Crippen molar-refractivity contribution in [2.75, 3.05) is 6.61 Å². The van der Waals surface area contributed by atoms with Crippen LogP contribution in [0.15, 0.2) is 29.2 Å². The Kier molecular flexibility index (Phi) is 3.66. The second-order valence-electron chi connectivity index (χ2n) is 4.76. The molecule has 0 amide bonds. The Morgan fingerprint density at radius 1 is 1.38 bits per heavy atom. The van der Waals surface area contributed by atoms with Crippen LogP contribution < -0.4 is 5.14 Å². The molecule has 0 spiro atoms. The van der Waals surface area contributed by atoms with E-state index in [2.05, 4.69) is 10.2 Å². The lowest BCUT2D eigenvalue weighted by Gasteiger charge is -2.11. The molecule has 3 N–H and O–H groups in total. The third-order valence-corrected chi connectivity index (χ3v) is 4.54. The number of nitrogens with two attached hydrogens (primary N) is 1. The van der Waals surface area contributed by atoms with E-state index in [9.17, 15) is 8.42 Å². The highest BCUT2D eigenvalue weighted by atomic mass is 32.2.